The van der Waals surface area contributed by atoms with Gasteiger partial charge in [0, 0.05) is 6.20 Å². The van der Waals surface area contributed by atoms with E-state index in [0.717, 1.165) is 0 Å². The standard InChI is InChI=1S/C4H2BrN3/c5-8-2-1-4(3-6)7-8/h1-2H. The van der Waals surface area contributed by atoms with Gasteiger partial charge >= 0.3 is 0 Å². The van der Waals surface area contributed by atoms with Crippen LogP contribution in [0.2, 0.25) is 0 Å². The molecule has 0 aliphatic carbocycles. The smallest absolute Gasteiger partial charge is 0.163 e. The molecule has 0 N–H and O–H groups in total. The molecule has 0 radical (unpaired) electrons. The molecule has 0 spiro atoms. The molecule has 0 saturated heterocycles. The number of nitriles is 1. The van der Waals surface area contributed by atoms with Gasteiger partial charge in [0.15, 0.2) is 5.69 Å². The van der Waals surface area contributed by atoms with Crippen molar-refractivity contribution in [3.05, 3.63) is 18.0 Å². The van der Waals surface area contributed by atoms with Gasteiger partial charge in [-0.3, -0.25) is 0 Å². The van der Waals surface area contributed by atoms with Crippen LogP contribution in [0.4, 0.5) is 0 Å². The fourth-order valence-corrected chi connectivity index (χ4v) is 0.650. The number of halogens is 1. The van der Waals surface area contributed by atoms with E-state index < -0.39 is 0 Å². The summed E-state index contributed by atoms with van der Waals surface area (Å²) in [5, 5.41) is 11.9. The Morgan fingerprint density at radius 2 is 2.62 bits per heavy atom. The summed E-state index contributed by atoms with van der Waals surface area (Å²) in [6.45, 7) is 0. The van der Waals surface area contributed by atoms with E-state index >= 15 is 0 Å². The average molecular weight is 172 g/mol. The normalized spacial score (nSPS) is 8.50. The van der Waals surface area contributed by atoms with Crippen LogP contribution >= 0.6 is 16.1 Å². The molecule has 1 aromatic rings. The predicted molar refractivity (Wildman–Crippen MR) is 31.3 cm³/mol. The lowest BCUT2D eigenvalue weighted by molar-refractivity contribution is 1.02. The maximum absolute atomic E-state index is 8.20. The Kier molecular flexibility index (Phi) is 1.31. The first-order chi connectivity index (χ1) is 3.83. The highest BCUT2D eigenvalue weighted by Crippen LogP contribution is 1.94. The predicted octanol–water partition coefficient (Wildman–Crippen LogP) is 0.913. The van der Waals surface area contributed by atoms with E-state index in [1.807, 2.05) is 6.07 Å². The lowest BCUT2D eigenvalue weighted by Crippen LogP contribution is -1.78. The first-order valence-corrected chi connectivity index (χ1v) is 2.66. The summed E-state index contributed by atoms with van der Waals surface area (Å²) in [6, 6.07) is 3.51. The summed E-state index contributed by atoms with van der Waals surface area (Å²) >= 11 is 3.03. The van der Waals surface area contributed by atoms with E-state index in [0.29, 0.717) is 5.69 Å². The molecule has 1 heterocycles. The Morgan fingerprint density at radius 1 is 1.88 bits per heavy atom. The van der Waals surface area contributed by atoms with E-state index in [1.165, 1.54) is 3.71 Å². The van der Waals surface area contributed by atoms with Gasteiger partial charge in [0.05, 0.1) is 16.1 Å². The lowest BCUT2D eigenvalue weighted by atomic mass is 10.5. The summed E-state index contributed by atoms with van der Waals surface area (Å²) in [4.78, 5) is 0. The van der Waals surface area contributed by atoms with Gasteiger partial charge in [-0.05, 0) is 6.07 Å². The van der Waals surface area contributed by atoms with Gasteiger partial charge in [-0.25, -0.2) is 3.71 Å². The molecule has 0 aromatic carbocycles. The summed E-state index contributed by atoms with van der Waals surface area (Å²) in [7, 11) is 0. The monoisotopic (exact) mass is 171 g/mol. The minimum absolute atomic E-state index is 0.418. The minimum atomic E-state index is 0.418. The maximum atomic E-state index is 8.20. The SMILES string of the molecule is N#Cc1ccn(Br)n1. The van der Waals surface area contributed by atoms with Gasteiger partial charge in [0.1, 0.15) is 6.07 Å². The van der Waals surface area contributed by atoms with Crippen molar-refractivity contribution in [2.75, 3.05) is 0 Å². The minimum Gasteiger partial charge on any atom is -0.204 e. The van der Waals surface area contributed by atoms with E-state index in [-0.39, 0.29) is 0 Å². The third-order valence-corrected chi connectivity index (χ3v) is 1.07. The molecule has 3 nitrogen and oxygen atoms in total. The number of nitrogens with zero attached hydrogens (tertiary/aromatic N) is 3. The Morgan fingerprint density at radius 3 is 2.88 bits per heavy atom. The van der Waals surface area contributed by atoms with Crippen LogP contribution in [0, 0.1) is 11.3 Å². The zero-order valence-electron chi connectivity index (χ0n) is 3.87. The zero-order chi connectivity index (χ0) is 5.98. The van der Waals surface area contributed by atoms with Crippen LogP contribution in [0.3, 0.4) is 0 Å². The molecule has 0 aliphatic rings. The molecule has 4 heteroatoms. The molecule has 0 saturated carbocycles. The highest BCUT2D eigenvalue weighted by atomic mass is 79.9. The zero-order valence-corrected chi connectivity index (χ0v) is 5.46. The van der Waals surface area contributed by atoms with Crippen molar-refractivity contribution in [2.24, 2.45) is 0 Å². The molecule has 1 rings (SSSR count). The van der Waals surface area contributed by atoms with Crippen LogP contribution in [-0.2, 0) is 0 Å². The second-order valence-electron chi connectivity index (χ2n) is 1.20. The number of rotatable bonds is 0. The van der Waals surface area contributed by atoms with Crippen molar-refractivity contribution in [1.29, 1.82) is 5.26 Å². The molecule has 0 aliphatic heterocycles. The van der Waals surface area contributed by atoms with Crippen LogP contribution < -0.4 is 0 Å². The summed E-state index contributed by atoms with van der Waals surface area (Å²) in [6.07, 6.45) is 1.65. The second-order valence-corrected chi connectivity index (χ2v) is 1.93. The van der Waals surface area contributed by atoms with Crippen LogP contribution in [0.1, 0.15) is 5.69 Å². The summed E-state index contributed by atoms with van der Waals surface area (Å²) < 4.78 is 1.41. The second kappa shape index (κ2) is 1.97. The van der Waals surface area contributed by atoms with Crippen LogP contribution in [-0.4, -0.2) is 8.81 Å². The van der Waals surface area contributed by atoms with Crippen LogP contribution in [0.25, 0.3) is 0 Å². The first-order valence-electron chi connectivity index (χ1n) is 1.95. The molecule has 40 valence electrons. The van der Waals surface area contributed by atoms with Gasteiger partial charge in [0.2, 0.25) is 0 Å². The molecule has 0 fully saturated rings. The van der Waals surface area contributed by atoms with Crippen molar-refractivity contribution in [1.82, 2.24) is 8.81 Å². The Labute approximate surface area is 54.9 Å². The van der Waals surface area contributed by atoms with Gasteiger partial charge in [0.25, 0.3) is 0 Å². The molecule has 0 unspecified atom stereocenters. The van der Waals surface area contributed by atoms with Crippen LogP contribution in [0.15, 0.2) is 12.3 Å². The van der Waals surface area contributed by atoms with E-state index in [2.05, 4.69) is 21.2 Å². The van der Waals surface area contributed by atoms with Crippen molar-refractivity contribution < 1.29 is 0 Å². The summed E-state index contributed by atoms with van der Waals surface area (Å²) in [5.41, 5.74) is 0.418. The molecule has 8 heavy (non-hydrogen) atoms. The Balaban J connectivity index is 3.05. The number of hydrogen-bond donors (Lipinski definition) is 0. The van der Waals surface area contributed by atoms with E-state index in [9.17, 15) is 0 Å². The highest BCUT2D eigenvalue weighted by molar-refractivity contribution is 9.08. The first kappa shape index (κ1) is 5.32. The molecular formula is C4H2BrN3. The van der Waals surface area contributed by atoms with Crippen molar-refractivity contribution in [2.45, 2.75) is 0 Å². The fourth-order valence-electron chi connectivity index (χ4n) is 0.361. The average Bonchev–Trinajstić information content (AvgIpc) is 2.14. The number of aromatic nitrogens is 2. The van der Waals surface area contributed by atoms with Gasteiger partial charge in [-0.1, -0.05) is 0 Å². The van der Waals surface area contributed by atoms with E-state index in [4.69, 9.17) is 5.26 Å². The highest BCUT2D eigenvalue weighted by Gasteiger charge is 1.90. The largest absolute Gasteiger partial charge is 0.204 e. The topological polar surface area (TPSA) is 41.6 Å². The van der Waals surface area contributed by atoms with Gasteiger partial charge in [-0.15, -0.1) is 0 Å². The lowest BCUT2D eigenvalue weighted by Gasteiger charge is -1.74. The quantitative estimate of drug-likeness (QED) is 0.583. The van der Waals surface area contributed by atoms with Crippen molar-refractivity contribution in [3.63, 3.8) is 0 Å². The Bertz CT molecular complexity index is 221. The van der Waals surface area contributed by atoms with Gasteiger partial charge < -0.3 is 0 Å². The van der Waals surface area contributed by atoms with Gasteiger partial charge in [-0.2, -0.15) is 10.4 Å². The van der Waals surface area contributed by atoms with Crippen molar-refractivity contribution >= 4 is 16.1 Å². The number of hydrogen-bond acceptors (Lipinski definition) is 2. The maximum Gasteiger partial charge on any atom is 0.163 e. The summed E-state index contributed by atoms with van der Waals surface area (Å²) in [5.74, 6) is 0. The molecule has 0 bridgehead atoms. The molecule has 0 atom stereocenters. The molecule has 1 aromatic heterocycles. The third-order valence-electron chi connectivity index (χ3n) is 0.673. The molecule has 0 amide bonds. The third kappa shape index (κ3) is 0.873. The van der Waals surface area contributed by atoms with E-state index in [1.54, 1.807) is 12.3 Å². The fraction of sp³-hybridized carbons (Fsp3) is 0. The molecular weight excluding hydrogens is 170 g/mol. The van der Waals surface area contributed by atoms with Crippen LogP contribution in [0.5, 0.6) is 0 Å². The Hall–Kier alpha value is -0.820. The van der Waals surface area contributed by atoms with Crippen molar-refractivity contribution in [3.8, 4) is 6.07 Å².